The normalized spacial score (nSPS) is 10.9. The van der Waals surface area contributed by atoms with Crippen molar-refractivity contribution in [1.29, 1.82) is 0 Å². The van der Waals surface area contributed by atoms with Crippen LogP contribution in [0.25, 0.3) is 4.96 Å². The fourth-order valence-corrected chi connectivity index (χ4v) is 2.43. The molecular weight excluding hydrogens is 250 g/mol. The summed E-state index contributed by atoms with van der Waals surface area (Å²) in [7, 11) is 0. The number of aryl methyl sites for hydroxylation is 1. The summed E-state index contributed by atoms with van der Waals surface area (Å²) in [4.78, 5) is 12.3. The van der Waals surface area contributed by atoms with E-state index in [4.69, 9.17) is 0 Å². The van der Waals surface area contributed by atoms with Crippen LogP contribution in [-0.2, 0) is 11.2 Å². The summed E-state index contributed by atoms with van der Waals surface area (Å²) < 4.78 is 1.64. The van der Waals surface area contributed by atoms with Crippen molar-refractivity contribution < 1.29 is 4.79 Å². The van der Waals surface area contributed by atoms with E-state index in [1.807, 2.05) is 0 Å². The standard InChI is InChI=1S/C11H17N5OS/c1-2-3-4-7-12-9(17)5-6-10-15-16-8-13-14-11(16)18-10/h8H,2-7H2,1H3,(H,12,17). The SMILES string of the molecule is CCCCCNC(=O)CCc1nn2cnnc2s1. The van der Waals surface area contributed by atoms with Crippen LogP contribution in [0.2, 0.25) is 0 Å². The molecular formula is C11H17N5OS. The van der Waals surface area contributed by atoms with Crippen LogP contribution in [0.5, 0.6) is 0 Å². The summed E-state index contributed by atoms with van der Waals surface area (Å²) in [6, 6.07) is 0. The van der Waals surface area contributed by atoms with Gasteiger partial charge in [-0.05, 0) is 6.42 Å². The zero-order valence-corrected chi connectivity index (χ0v) is 11.2. The lowest BCUT2D eigenvalue weighted by Gasteiger charge is -2.02. The Morgan fingerprint density at radius 2 is 2.39 bits per heavy atom. The van der Waals surface area contributed by atoms with E-state index in [1.165, 1.54) is 17.8 Å². The van der Waals surface area contributed by atoms with Crippen molar-refractivity contribution >= 4 is 22.2 Å². The Morgan fingerprint density at radius 1 is 1.50 bits per heavy atom. The molecule has 6 nitrogen and oxygen atoms in total. The first-order chi connectivity index (χ1) is 8.79. The highest BCUT2D eigenvalue weighted by atomic mass is 32.1. The molecule has 0 aliphatic rings. The number of unbranched alkanes of at least 4 members (excludes halogenated alkanes) is 2. The molecule has 0 radical (unpaired) electrons. The maximum absolute atomic E-state index is 11.6. The lowest BCUT2D eigenvalue weighted by Crippen LogP contribution is -2.24. The number of carbonyl (C=O) groups excluding carboxylic acids is 1. The largest absolute Gasteiger partial charge is 0.356 e. The van der Waals surface area contributed by atoms with Gasteiger partial charge in [0.1, 0.15) is 11.3 Å². The zero-order valence-electron chi connectivity index (χ0n) is 10.4. The van der Waals surface area contributed by atoms with Crippen LogP contribution in [0, 0.1) is 0 Å². The second-order valence-corrected chi connectivity index (χ2v) is 5.15. The lowest BCUT2D eigenvalue weighted by atomic mass is 10.2. The van der Waals surface area contributed by atoms with Gasteiger partial charge in [0, 0.05) is 19.4 Å². The van der Waals surface area contributed by atoms with Gasteiger partial charge in [0.25, 0.3) is 0 Å². The topological polar surface area (TPSA) is 72.2 Å². The number of rotatable bonds is 7. The molecule has 0 aliphatic carbocycles. The summed E-state index contributed by atoms with van der Waals surface area (Å²) >= 11 is 1.48. The fraction of sp³-hybridized carbons (Fsp3) is 0.636. The highest BCUT2D eigenvalue weighted by Crippen LogP contribution is 2.13. The van der Waals surface area contributed by atoms with Gasteiger partial charge in [0.05, 0.1) is 0 Å². The highest BCUT2D eigenvalue weighted by Gasteiger charge is 2.07. The van der Waals surface area contributed by atoms with Crippen LogP contribution in [0.3, 0.4) is 0 Å². The Labute approximate surface area is 109 Å². The third-order valence-corrected chi connectivity index (χ3v) is 3.57. The van der Waals surface area contributed by atoms with E-state index in [0.717, 1.165) is 29.4 Å². The average molecular weight is 267 g/mol. The Balaban J connectivity index is 1.71. The number of hydrogen-bond acceptors (Lipinski definition) is 5. The maximum Gasteiger partial charge on any atom is 0.234 e. The predicted molar refractivity (Wildman–Crippen MR) is 69.5 cm³/mol. The molecule has 7 heteroatoms. The van der Waals surface area contributed by atoms with Gasteiger partial charge >= 0.3 is 0 Å². The van der Waals surface area contributed by atoms with Crippen LogP contribution >= 0.6 is 11.3 Å². The number of amides is 1. The van der Waals surface area contributed by atoms with Gasteiger partial charge in [-0.3, -0.25) is 4.79 Å². The van der Waals surface area contributed by atoms with Crippen molar-refractivity contribution in [1.82, 2.24) is 25.1 Å². The molecule has 1 N–H and O–H groups in total. The van der Waals surface area contributed by atoms with E-state index in [9.17, 15) is 4.79 Å². The van der Waals surface area contributed by atoms with Gasteiger partial charge in [0.2, 0.25) is 10.9 Å². The monoisotopic (exact) mass is 267 g/mol. The van der Waals surface area contributed by atoms with E-state index in [-0.39, 0.29) is 5.91 Å². The molecule has 0 aromatic carbocycles. The second kappa shape index (κ2) is 6.44. The predicted octanol–water partition coefficient (Wildman–Crippen LogP) is 1.42. The molecule has 0 fully saturated rings. The molecule has 0 bridgehead atoms. The second-order valence-electron chi connectivity index (χ2n) is 4.11. The van der Waals surface area contributed by atoms with Crippen molar-refractivity contribution in [3.63, 3.8) is 0 Å². The van der Waals surface area contributed by atoms with Crippen LogP contribution in [0.15, 0.2) is 6.33 Å². The van der Waals surface area contributed by atoms with Crippen molar-refractivity contribution in [3.05, 3.63) is 11.3 Å². The molecule has 18 heavy (non-hydrogen) atoms. The third kappa shape index (κ3) is 3.49. The Kier molecular flexibility index (Phi) is 4.63. The van der Waals surface area contributed by atoms with Crippen molar-refractivity contribution in [2.24, 2.45) is 0 Å². The van der Waals surface area contributed by atoms with Gasteiger partial charge in [0.15, 0.2) is 0 Å². The lowest BCUT2D eigenvalue weighted by molar-refractivity contribution is -0.121. The minimum Gasteiger partial charge on any atom is -0.356 e. The minimum atomic E-state index is 0.0945. The van der Waals surface area contributed by atoms with Crippen LogP contribution in [0.1, 0.15) is 37.6 Å². The molecule has 1 amide bonds. The number of nitrogens with zero attached hydrogens (tertiary/aromatic N) is 4. The zero-order chi connectivity index (χ0) is 12.8. The van der Waals surface area contributed by atoms with E-state index in [1.54, 1.807) is 10.8 Å². The quantitative estimate of drug-likeness (QED) is 0.770. The van der Waals surface area contributed by atoms with Gasteiger partial charge in [-0.15, -0.1) is 10.2 Å². The van der Waals surface area contributed by atoms with E-state index >= 15 is 0 Å². The van der Waals surface area contributed by atoms with Gasteiger partial charge in [-0.1, -0.05) is 31.1 Å². The molecule has 98 valence electrons. The molecule has 0 aliphatic heterocycles. The Morgan fingerprint density at radius 3 is 3.17 bits per heavy atom. The summed E-state index contributed by atoms with van der Waals surface area (Å²) in [6.45, 7) is 2.92. The highest BCUT2D eigenvalue weighted by molar-refractivity contribution is 7.16. The number of aromatic nitrogens is 4. The summed E-state index contributed by atoms with van der Waals surface area (Å²) in [6.07, 6.45) is 6.10. The molecule has 0 saturated carbocycles. The molecule has 0 atom stereocenters. The molecule has 0 spiro atoms. The smallest absolute Gasteiger partial charge is 0.234 e. The van der Waals surface area contributed by atoms with Crippen LogP contribution < -0.4 is 5.32 Å². The van der Waals surface area contributed by atoms with Crippen LogP contribution in [-0.4, -0.2) is 32.3 Å². The van der Waals surface area contributed by atoms with Gasteiger partial charge in [-0.25, -0.2) is 0 Å². The molecule has 2 heterocycles. The Bertz CT molecular complexity index is 478. The summed E-state index contributed by atoms with van der Waals surface area (Å²) in [5, 5.41) is 15.8. The first-order valence-electron chi connectivity index (χ1n) is 6.22. The molecule has 2 aromatic heterocycles. The number of carbonyl (C=O) groups is 1. The number of nitrogens with one attached hydrogen (secondary N) is 1. The fourth-order valence-electron chi connectivity index (χ4n) is 1.61. The van der Waals surface area contributed by atoms with E-state index in [0.29, 0.717) is 12.8 Å². The molecule has 0 saturated heterocycles. The average Bonchev–Trinajstić information content (AvgIpc) is 2.92. The number of fused-ring (bicyclic) bond motifs is 1. The van der Waals surface area contributed by atoms with Crippen molar-refractivity contribution in [3.8, 4) is 0 Å². The third-order valence-electron chi connectivity index (χ3n) is 2.60. The Hall–Kier alpha value is -1.50. The summed E-state index contributed by atoms with van der Waals surface area (Å²) in [5.74, 6) is 0.0945. The van der Waals surface area contributed by atoms with E-state index in [2.05, 4.69) is 27.5 Å². The number of hydrogen-bond donors (Lipinski definition) is 1. The first-order valence-corrected chi connectivity index (χ1v) is 7.03. The van der Waals surface area contributed by atoms with Crippen LogP contribution in [0.4, 0.5) is 0 Å². The molecule has 0 unspecified atom stereocenters. The first kappa shape index (κ1) is 12.9. The van der Waals surface area contributed by atoms with Crippen molar-refractivity contribution in [2.75, 3.05) is 6.54 Å². The minimum absolute atomic E-state index is 0.0945. The van der Waals surface area contributed by atoms with Crippen molar-refractivity contribution in [2.45, 2.75) is 39.0 Å². The van der Waals surface area contributed by atoms with Gasteiger partial charge < -0.3 is 5.32 Å². The maximum atomic E-state index is 11.6. The summed E-state index contributed by atoms with van der Waals surface area (Å²) in [5.41, 5.74) is 0. The molecule has 2 aromatic rings. The van der Waals surface area contributed by atoms with E-state index < -0.39 is 0 Å². The molecule has 2 rings (SSSR count). The van der Waals surface area contributed by atoms with Gasteiger partial charge in [-0.2, -0.15) is 9.61 Å².